The van der Waals surface area contributed by atoms with E-state index in [9.17, 15) is 20.0 Å². The first-order valence-corrected chi connectivity index (χ1v) is 7.20. The second-order valence-corrected chi connectivity index (χ2v) is 5.78. The van der Waals surface area contributed by atoms with Crippen LogP contribution in [0.4, 0.5) is 11.4 Å². The van der Waals surface area contributed by atoms with E-state index >= 15 is 0 Å². The van der Waals surface area contributed by atoms with Crippen molar-refractivity contribution in [2.45, 2.75) is 26.2 Å². The van der Waals surface area contributed by atoms with Crippen molar-refractivity contribution in [2.24, 2.45) is 5.41 Å². The molecule has 1 unspecified atom stereocenters. The van der Waals surface area contributed by atoms with Crippen LogP contribution < -0.4 is 4.90 Å². The minimum Gasteiger partial charge on any atom is -0.481 e. The molecule has 1 N–H and O–H groups in total. The van der Waals surface area contributed by atoms with Gasteiger partial charge in [-0.15, -0.1) is 0 Å². The van der Waals surface area contributed by atoms with E-state index in [1.54, 1.807) is 17.0 Å². The zero-order valence-corrected chi connectivity index (χ0v) is 12.5. The van der Waals surface area contributed by atoms with Gasteiger partial charge in [-0.05, 0) is 25.0 Å². The van der Waals surface area contributed by atoms with Gasteiger partial charge in [0.25, 0.3) is 0 Å². The number of nitro groups is 1. The first-order chi connectivity index (χ1) is 9.91. The third-order valence-electron chi connectivity index (χ3n) is 4.02. The van der Waals surface area contributed by atoms with E-state index < -0.39 is 16.3 Å². The molecule has 1 aliphatic heterocycles. The normalized spacial score (nSPS) is 21.5. The summed E-state index contributed by atoms with van der Waals surface area (Å²) in [6.07, 6.45) is 1.81. The smallest absolute Gasteiger partial charge is 0.311 e. The molecule has 0 aromatic heterocycles. The second-order valence-electron chi connectivity index (χ2n) is 5.37. The third-order valence-corrected chi connectivity index (χ3v) is 4.33. The van der Waals surface area contributed by atoms with Gasteiger partial charge in [-0.25, -0.2) is 0 Å². The third kappa shape index (κ3) is 2.81. The summed E-state index contributed by atoms with van der Waals surface area (Å²) < 4.78 is 0. The van der Waals surface area contributed by atoms with Crippen LogP contribution in [0.3, 0.4) is 0 Å². The molecule has 1 atom stereocenters. The number of anilines is 1. The number of carboxylic acid groups (broad SMARTS) is 1. The molecule has 1 aromatic rings. The Hall–Kier alpha value is -1.82. The molecule has 7 heteroatoms. The number of halogens is 1. The molecule has 0 aliphatic carbocycles. The number of nitro benzene ring substituents is 1. The summed E-state index contributed by atoms with van der Waals surface area (Å²) in [5.74, 6) is -0.837. The number of hydrogen-bond acceptors (Lipinski definition) is 4. The Balaban J connectivity index is 2.36. The van der Waals surface area contributed by atoms with Gasteiger partial charge < -0.3 is 10.0 Å². The minimum absolute atomic E-state index is 0.0702. The van der Waals surface area contributed by atoms with Crippen molar-refractivity contribution in [1.82, 2.24) is 0 Å². The van der Waals surface area contributed by atoms with E-state index in [2.05, 4.69) is 0 Å². The van der Waals surface area contributed by atoms with Crippen LogP contribution in [0.1, 0.15) is 26.2 Å². The van der Waals surface area contributed by atoms with Gasteiger partial charge in [0.1, 0.15) is 10.7 Å². The van der Waals surface area contributed by atoms with Crippen LogP contribution in [0.15, 0.2) is 18.2 Å². The molecular weight excluding hydrogens is 296 g/mol. The maximum absolute atomic E-state index is 11.6. The Morgan fingerprint density at radius 3 is 2.86 bits per heavy atom. The van der Waals surface area contributed by atoms with Crippen LogP contribution in [0.25, 0.3) is 0 Å². The van der Waals surface area contributed by atoms with Crippen LogP contribution in [0, 0.1) is 15.5 Å². The number of para-hydroxylation sites is 1. The monoisotopic (exact) mass is 312 g/mol. The summed E-state index contributed by atoms with van der Waals surface area (Å²) in [7, 11) is 0. The number of rotatable bonds is 5. The second kappa shape index (κ2) is 5.89. The quantitative estimate of drug-likeness (QED) is 0.666. The molecule has 0 saturated carbocycles. The Morgan fingerprint density at radius 1 is 1.57 bits per heavy atom. The molecule has 1 fully saturated rings. The summed E-state index contributed by atoms with van der Waals surface area (Å²) in [5, 5.41) is 20.8. The van der Waals surface area contributed by atoms with Crippen LogP contribution in [-0.2, 0) is 4.79 Å². The van der Waals surface area contributed by atoms with E-state index in [-0.39, 0.29) is 17.3 Å². The zero-order valence-electron chi connectivity index (χ0n) is 11.7. The lowest BCUT2D eigenvalue weighted by atomic mass is 9.83. The maximum atomic E-state index is 11.6. The molecule has 1 saturated heterocycles. The number of benzene rings is 1. The van der Waals surface area contributed by atoms with Crippen LogP contribution in [0.5, 0.6) is 0 Å². The summed E-state index contributed by atoms with van der Waals surface area (Å²) in [5.41, 5.74) is -0.589. The maximum Gasteiger partial charge on any atom is 0.311 e. The van der Waals surface area contributed by atoms with Gasteiger partial charge in [-0.2, -0.15) is 0 Å². The van der Waals surface area contributed by atoms with Crippen molar-refractivity contribution in [3.05, 3.63) is 33.3 Å². The first kappa shape index (κ1) is 15.6. The molecule has 0 radical (unpaired) electrons. The SMILES string of the molecule is CCCC1(C(=O)O)CCN(c2cccc(Cl)c2[N+](=O)[O-])C1. The van der Waals surface area contributed by atoms with Gasteiger partial charge in [-0.3, -0.25) is 14.9 Å². The van der Waals surface area contributed by atoms with E-state index in [0.29, 0.717) is 25.1 Å². The van der Waals surface area contributed by atoms with Crippen molar-refractivity contribution in [1.29, 1.82) is 0 Å². The van der Waals surface area contributed by atoms with E-state index in [1.165, 1.54) is 6.07 Å². The Labute approximate surface area is 127 Å². The average Bonchev–Trinajstić information content (AvgIpc) is 2.84. The molecule has 1 aromatic carbocycles. The van der Waals surface area contributed by atoms with Crippen molar-refractivity contribution >= 4 is 28.9 Å². The van der Waals surface area contributed by atoms with Crippen LogP contribution in [0.2, 0.25) is 5.02 Å². The van der Waals surface area contributed by atoms with Crippen molar-refractivity contribution in [3.63, 3.8) is 0 Å². The number of hydrogen-bond donors (Lipinski definition) is 1. The molecule has 2 rings (SSSR count). The minimum atomic E-state index is -0.837. The van der Waals surface area contributed by atoms with Gasteiger partial charge in [0.15, 0.2) is 0 Å². The number of carbonyl (C=O) groups is 1. The topological polar surface area (TPSA) is 83.7 Å². The highest BCUT2D eigenvalue weighted by Gasteiger charge is 2.45. The Kier molecular flexibility index (Phi) is 4.37. The van der Waals surface area contributed by atoms with Gasteiger partial charge in [0.2, 0.25) is 0 Å². The van der Waals surface area contributed by atoms with Gasteiger partial charge >= 0.3 is 11.7 Å². The van der Waals surface area contributed by atoms with Crippen molar-refractivity contribution in [3.8, 4) is 0 Å². The number of aliphatic carboxylic acids is 1. The number of nitrogens with zero attached hydrogens (tertiary/aromatic N) is 2. The Bertz CT molecular complexity index is 578. The summed E-state index contributed by atoms with van der Waals surface area (Å²) in [6.45, 7) is 2.69. The fourth-order valence-corrected chi connectivity index (χ4v) is 3.22. The molecule has 0 bridgehead atoms. The molecule has 114 valence electrons. The lowest BCUT2D eigenvalue weighted by Gasteiger charge is -2.25. The molecule has 6 nitrogen and oxygen atoms in total. The Morgan fingerprint density at radius 2 is 2.29 bits per heavy atom. The predicted molar refractivity (Wildman–Crippen MR) is 79.9 cm³/mol. The zero-order chi connectivity index (χ0) is 15.6. The molecule has 1 heterocycles. The van der Waals surface area contributed by atoms with Crippen LogP contribution >= 0.6 is 11.6 Å². The summed E-state index contributed by atoms with van der Waals surface area (Å²) >= 11 is 5.91. The van der Waals surface area contributed by atoms with E-state index in [1.807, 2.05) is 6.92 Å². The van der Waals surface area contributed by atoms with Crippen molar-refractivity contribution in [2.75, 3.05) is 18.0 Å². The molecule has 1 aliphatic rings. The van der Waals surface area contributed by atoms with Gasteiger partial charge in [-0.1, -0.05) is 31.0 Å². The predicted octanol–water partition coefficient (Wildman–Crippen LogP) is 3.33. The van der Waals surface area contributed by atoms with Gasteiger partial charge in [0, 0.05) is 13.1 Å². The lowest BCUT2D eigenvalue weighted by Crippen LogP contribution is -2.34. The summed E-state index contributed by atoms with van der Waals surface area (Å²) in [6, 6.07) is 4.73. The summed E-state index contributed by atoms with van der Waals surface area (Å²) in [4.78, 5) is 24.0. The first-order valence-electron chi connectivity index (χ1n) is 6.82. The van der Waals surface area contributed by atoms with Crippen LogP contribution in [-0.4, -0.2) is 29.1 Å². The molecule has 21 heavy (non-hydrogen) atoms. The van der Waals surface area contributed by atoms with Gasteiger partial charge in [0.05, 0.1) is 10.3 Å². The number of carboxylic acids is 1. The molecular formula is C14H17ClN2O4. The molecule has 0 amide bonds. The van der Waals surface area contributed by atoms with E-state index in [4.69, 9.17) is 11.6 Å². The highest BCUT2D eigenvalue weighted by molar-refractivity contribution is 6.33. The largest absolute Gasteiger partial charge is 0.481 e. The fourth-order valence-electron chi connectivity index (χ4n) is 2.98. The highest BCUT2D eigenvalue weighted by Crippen LogP contribution is 2.42. The van der Waals surface area contributed by atoms with E-state index in [0.717, 1.165) is 6.42 Å². The fraction of sp³-hybridized carbons (Fsp3) is 0.500. The van der Waals surface area contributed by atoms with Crippen molar-refractivity contribution < 1.29 is 14.8 Å². The highest BCUT2D eigenvalue weighted by atomic mass is 35.5. The molecule has 0 spiro atoms. The lowest BCUT2D eigenvalue weighted by molar-refractivity contribution is -0.384. The standard InChI is InChI=1S/C14H17ClN2O4/c1-2-6-14(13(18)19)7-8-16(9-14)11-5-3-4-10(15)12(11)17(20)21/h3-5H,2,6-9H2,1H3,(H,18,19). The average molecular weight is 313 g/mol.